The fourth-order valence-corrected chi connectivity index (χ4v) is 3.16. The van der Waals surface area contributed by atoms with Crippen molar-refractivity contribution >= 4 is 11.7 Å². The van der Waals surface area contributed by atoms with E-state index in [0.717, 1.165) is 12.8 Å². The van der Waals surface area contributed by atoms with Crippen LogP contribution in [0, 0.1) is 5.82 Å². The van der Waals surface area contributed by atoms with E-state index in [0.29, 0.717) is 24.4 Å². The highest BCUT2D eigenvalue weighted by Crippen LogP contribution is 2.30. The third kappa shape index (κ3) is 3.93. The Balaban J connectivity index is 1.66. The molecule has 3 rings (SSSR count). The predicted octanol–water partition coefficient (Wildman–Crippen LogP) is 3.55. The first-order valence-corrected chi connectivity index (χ1v) is 8.21. The Hall–Kier alpha value is -2.54. The SMILES string of the molecule is COc1cc(F)ccc1NC(=O)N1CCCC1CC(O)c1ccco1. The zero-order valence-electron chi connectivity index (χ0n) is 13.9. The molecule has 2 amide bonds. The van der Waals surface area contributed by atoms with Crippen LogP contribution >= 0.6 is 0 Å². The highest BCUT2D eigenvalue weighted by atomic mass is 19.1. The van der Waals surface area contributed by atoms with Gasteiger partial charge in [0.05, 0.1) is 19.1 Å². The average Bonchev–Trinajstić information content (AvgIpc) is 3.27. The summed E-state index contributed by atoms with van der Waals surface area (Å²) in [6.45, 7) is 0.602. The third-order valence-electron chi connectivity index (χ3n) is 4.41. The number of carbonyl (C=O) groups excluding carboxylic acids is 1. The molecule has 2 atom stereocenters. The van der Waals surface area contributed by atoms with E-state index in [2.05, 4.69) is 5.32 Å². The van der Waals surface area contributed by atoms with Crippen molar-refractivity contribution in [2.24, 2.45) is 0 Å². The maximum absolute atomic E-state index is 13.3. The summed E-state index contributed by atoms with van der Waals surface area (Å²) in [7, 11) is 1.42. The number of benzene rings is 1. The van der Waals surface area contributed by atoms with E-state index >= 15 is 0 Å². The van der Waals surface area contributed by atoms with Crippen LogP contribution in [0.15, 0.2) is 41.0 Å². The number of furan rings is 1. The number of carbonyl (C=O) groups is 1. The average molecular weight is 348 g/mol. The molecule has 0 radical (unpaired) electrons. The van der Waals surface area contributed by atoms with E-state index in [1.165, 1.54) is 31.6 Å². The normalized spacial score (nSPS) is 18.2. The van der Waals surface area contributed by atoms with Gasteiger partial charge in [0, 0.05) is 25.1 Å². The number of nitrogens with zero attached hydrogens (tertiary/aromatic N) is 1. The second-order valence-electron chi connectivity index (χ2n) is 6.03. The summed E-state index contributed by atoms with van der Waals surface area (Å²) in [6, 6.07) is 7.00. The molecule has 1 fully saturated rings. The molecular weight excluding hydrogens is 327 g/mol. The van der Waals surface area contributed by atoms with Crippen LogP contribution in [-0.4, -0.2) is 35.7 Å². The smallest absolute Gasteiger partial charge is 0.322 e. The number of amides is 2. The van der Waals surface area contributed by atoms with Crippen LogP contribution in [0.1, 0.15) is 31.1 Å². The fraction of sp³-hybridized carbons (Fsp3) is 0.389. The number of hydrogen-bond acceptors (Lipinski definition) is 4. The molecule has 7 heteroatoms. The molecule has 1 aromatic carbocycles. The van der Waals surface area contributed by atoms with Gasteiger partial charge in [0.25, 0.3) is 0 Å². The van der Waals surface area contributed by atoms with Crippen LogP contribution in [0.5, 0.6) is 5.75 Å². The zero-order valence-corrected chi connectivity index (χ0v) is 13.9. The van der Waals surface area contributed by atoms with Gasteiger partial charge in [-0.3, -0.25) is 0 Å². The lowest BCUT2D eigenvalue weighted by Gasteiger charge is -2.26. The lowest BCUT2D eigenvalue weighted by atomic mass is 10.1. The molecule has 1 aromatic heterocycles. The Bertz CT molecular complexity index is 720. The van der Waals surface area contributed by atoms with Gasteiger partial charge in [-0.05, 0) is 37.1 Å². The number of aliphatic hydroxyl groups excluding tert-OH is 1. The Kier molecular flexibility index (Phi) is 5.23. The van der Waals surface area contributed by atoms with E-state index in [9.17, 15) is 14.3 Å². The summed E-state index contributed by atoms with van der Waals surface area (Å²) in [5.41, 5.74) is 0.408. The molecule has 0 saturated carbocycles. The Morgan fingerprint density at radius 1 is 1.52 bits per heavy atom. The molecule has 2 N–H and O–H groups in total. The fourth-order valence-electron chi connectivity index (χ4n) is 3.16. The zero-order chi connectivity index (χ0) is 17.8. The first kappa shape index (κ1) is 17.3. The minimum absolute atomic E-state index is 0.0912. The van der Waals surface area contributed by atoms with E-state index in [-0.39, 0.29) is 17.8 Å². The standard InChI is InChI=1S/C18H21FN2O4/c1-24-17-10-12(19)6-7-14(17)20-18(23)21-8-2-4-13(21)11-15(22)16-5-3-9-25-16/h3,5-7,9-10,13,15,22H,2,4,8,11H2,1H3,(H,20,23). The van der Waals surface area contributed by atoms with Crippen LogP contribution in [0.25, 0.3) is 0 Å². The molecule has 2 heterocycles. The molecule has 1 saturated heterocycles. The van der Waals surface area contributed by atoms with Crippen molar-refractivity contribution in [1.82, 2.24) is 4.90 Å². The number of nitrogens with one attached hydrogen (secondary N) is 1. The number of methoxy groups -OCH3 is 1. The predicted molar refractivity (Wildman–Crippen MR) is 90.0 cm³/mol. The second kappa shape index (κ2) is 7.57. The molecule has 1 aliphatic rings. The molecule has 0 bridgehead atoms. The van der Waals surface area contributed by atoms with Crippen molar-refractivity contribution in [2.45, 2.75) is 31.4 Å². The number of halogens is 1. The van der Waals surface area contributed by atoms with Crippen molar-refractivity contribution in [3.05, 3.63) is 48.2 Å². The topological polar surface area (TPSA) is 74.9 Å². The van der Waals surface area contributed by atoms with Crippen LogP contribution in [0.2, 0.25) is 0 Å². The lowest BCUT2D eigenvalue weighted by Crippen LogP contribution is -2.39. The van der Waals surface area contributed by atoms with E-state index in [1.54, 1.807) is 17.0 Å². The van der Waals surface area contributed by atoms with Crippen LogP contribution in [-0.2, 0) is 0 Å². The van der Waals surface area contributed by atoms with Crippen molar-refractivity contribution in [2.75, 3.05) is 19.0 Å². The molecule has 1 aliphatic heterocycles. The summed E-state index contributed by atoms with van der Waals surface area (Å²) in [5.74, 6) is 0.322. The largest absolute Gasteiger partial charge is 0.494 e. The highest BCUT2D eigenvalue weighted by Gasteiger charge is 2.31. The lowest BCUT2D eigenvalue weighted by molar-refractivity contribution is 0.110. The number of aliphatic hydroxyl groups is 1. The van der Waals surface area contributed by atoms with Crippen molar-refractivity contribution in [3.8, 4) is 5.75 Å². The number of hydrogen-bond donors (Lipinski definition) is 2. The summed E-state index contributed by atoms with van der Waals surface area (Å²) < 4.78 is 23.6. The van der Waals surface area contributed by atoms with Crippen LogP contribution in [0.4, 0.5) is 14.9 Å². The van der Waals surface area contributed by atoms with E-state index in [4.69, 9.17) is 9.15 Å². The molecule has 0 spiro atoms. The van der Waals surface area contributed by atoms with Crippen molar-refractivity contribution in [1.29, 1.82) is 0 Å². The maximum atomic E-state index is 13.3. The van der Waals surface area contributed by atoms with Gasteiger partial charge >= 0.3 is 6.03 Å². The Morgan fingerprint density at radius 3 is 3.08 bits per heavy atom. The minimum Gasteiger partial charge on any atom is -0.494 e. The summed E-state index contributed by atoms with van der Waals surface area (Å²) in [5, 5.41) is 13.0. The van der Waals surface area contributed by atoms with Crippen molar-refractivity contribution < 1.29 is 23.4 Å². The molecule has 2 unspecified atom stereocenters. The molecule has 2 aromatic rings. The van der Waals surface area contributed by atoms with Gasteiger partial charge in [-0.15, -0.1) is 0 Å². The van der Waals surface area contributed by atoms with E-state index in [1.807, 2.05) is 0 Å². The number of rotatable bonds is 5. The highest BCUT2D eigenvalue weighted by molar-refractivity contribution is 5.91. The van der Waals surface area contributed by atoms with Crippen molar-refractivity contribution in [3.63, 3.8) is 0 Å². The van der Waals surface area contributed by atoms with Crippen LogP contribution in [0.3, 0.4) is 0 Å². The molecule has 134 valence electrons. The molecule has 25 heavy (non-hydrogen) atoms. The monoisotopic (exact) mass is 348 g/mol. The molecular formula is C18H21FN2O4. The van der Waals surface area contributed by atoms with Gasteiger partial charge in [-0.1, -0.05) is 0 Å². The number of ether oxygens (including phenoxy) is 1. The second-order valence-corrected chi connectivity index (χ2v) is 6.03. The number of urea groups is 1. The first-order valence-electron chi connectivity index (χ1n) is 8.21. The Labute approximate surface area is 145 Å². The minimum atomic E-state index is -0.756. The summed E-state index contributed by atoms with van der Waals surface area (Å²) >= 11 is 0. The van der Waals surface area contributed by atoms with Crippen LogP contribution < -0.4 is 10.1 Å². The summed E-state index contributed by atoms with van der Waals surface area (Å²) in [6.07, 6.45) is 2.84. The van der Waals surface area contributed by atoms with Gasteiger partial charge in [0.15, 0.2) is 0 Å². The Morgan fingerprint density at radius 2 is 2.36 bits per heavy atom. The van der Waals surface area contributed by atoms with Gasteiger partial charge < -0.3 is 24.5 Å². The quantitative estimate of drug-likeness (QED) is 0.866. The van der Waals surface area contributed by atoms with Gasteiger partial charge in [0.1, 0.15) is 23.4 Å². The van der Waals surface area contributed by atoms with E-state index < -0.39 is 11.9 Å². The maximum Gasteiger partial charge on any atom is 0.322 e. The number of likely N-dealkylation sites (tertiary alicyclic amines) is 1. The summed E-state index contributed by atoms with van der Waals surface area (Å²) in [4.78, 5) is 14.3. The van der Waals surface area contributed by atoms with Gasteiger partial charge in [-0.25, -0.2) is 9.18 Å². The van der Waals surface area contributed by atoms with Gasteiger partial charge in [0.2, 0.25) is 0 Å². The first-order chi connectivity index (χ1) is 12.1. The molecule has 6 nitrogen and oxygen atoms in total. The van der Waals surface area contributed by atoms with Gasteiger partial charge in [-0.2, -0.15) is 0 Å². The third-order valence-corrected chi connectivity index (χ3v) is 4.41. The molecule has 0 aliphatic carbocycles. The number of anilines is 1.